The van der Waals surface area contributed by atoms with Crippen LogP contribution in [0.25, 0.3) is 0 Å². The third-order valence-electron chi connectivity index (χ3n) is 3.77. The summed E-state index contributed by atoms with van der Waals surface area (Å²) < 4.78 is 5.47. The van der Waals surface area contributed by atoms with E-state index < -0.39 is 0 Å². The molecule has 0 spiro atoms. The largest absolute Gasteiger partial charge is 0.381 e. The number of para-hydroxylation sites is 1. The molecule has 0 N–H and O–H groups in total. The fraction of sp³-hybridized carbons (Fsp3) is 0.571. The highest BCUT2D eigenvalue weighted by Crippen LogP contribution is 2.23. The number of piperazine rings is 1. The van der Waals surface area contributed by atoms with Gasteiger partial charge in [-0.15, -0.1) is 0 Å². The summed E-state index contributed by atoms with van der Waals surface area (Å²) in [7, 11) is 0. The minimum absolute atomic E-state index is 0.464. The summed E-state index contributed by atoms with van der Waals surface area (Å²) >= 11 is 0. The highest BCUT2D eigenvalue weighted by molar-refractivity contribution is 5.46. The van der Waals surface area contributed by atoms with E-state index in [1.54, 1.807) is 0 Å². The van der Waals surface area contributed by atoms with Crippen molar-refractivity contribution in [2.45, 2.75) is 12.5 Å². The third-order valence-corrected chi connectivity index (χ3v) is 3.77. The van der Waals surface area contributed by atoms with E-state index in [1.165, 1.54) is 12.1 Å². The molecule has 1 aromatic carbocycles. The Balaban J connectivity index is 1.67. The van der Waals surface area contributed by atoms with Crippen molar-refractivity contribution in [1.29, 1.82) is 0 Å². The first-order valence-corrected chi connectivity index (χ1v) is 6.48. The number of anilines is 1. The molecule has 2 fully saturated rings. The fourth-order valence-corrected chi connectivity index (χ4v) is 2.75. The van der Waals surface area contributed by atoms with Crippen LogP contribution >= 0.6 is 0 Å². The van der Waals surface area contributed by atoms with Crippen LogP contribution in [0.2, 0.25) is 0 Å². The van der Waals surface area contributed by atoms with Crippen molar-refractivity contribution >= 4 is 5.69 Å². The van der Waals surface area contributed by atoms with Crippen molar-refractivity contribution in [2.75, 3.05) is 37.7 Å². The molecule has 91 valence electrons. The number of hydrogen-bond acceptors (Lipinski definition) is 2. The number of ether oxygens (including phenoxy) is 1. The molecule has 1 radical (unpaired) electrons. The Bertz CT molecular complexity index is 348. The van der Waals surface area contributed by atoms with Crippen molar-refractivity contribution in [1.82, 2.24) is 5.32 Å². The average molecular weight is 231 g/mol. The first-order chi connectivity index (χ1) is 8.43. The molecule has 3 nitrogen and oxygen atoms in total. The number of benzene rings is 1. The van der Waals surface area contributed by atoms with Crippen LogP contribution in [0.4, 0.5) is 5.69 Å². The summed E-state index contributed by atoms with van der Waals surface area (Å²) in [6.45, 7) is 4.88. The molecule has 17 heavy (non-hydrogen) atoms. The Kier molecular flexibility index (Phi) is 3.29. The summed E-state index contributed by atoms with van der Waals surface area (Å²) in [4.78, 5) is 2.45. The highest BCUT2D eigenvalue weighted by atomic mass is 16.5. The van der Waals surface area contributed by atoms with Gasteiger partial charge in [0.1, 0.15) is 0 Å². The molecule has 0 aliphatic carbocycles. The van der Waals surface area contributed by atoms with Gasteiger partial charge < -0.3 is 9.64 Å². The Labute approximate surface area is 103 Å². The van der Waals surface area contributed by atoms with Crippen LogP contribution in [0.1, 0.15) is 6.42 Å². The second kappa shape index (κ2) is 5.07. The summed E-state index contributed by atoms with van der Waals surface area (Å²) in [6.07, 6.45) is 1.18. The van der Waals surface area contributed by atoms with Gasteiger partial charge in [-0.3, -0.25) is 0 Å². The van der Waals surface area contributed by atoms with Crippen molar-refractivity contribution in [3.05, 3.63) is 30.3 Å². The van der Waals surface area contributed by atoms with Gasteiger partial charge in [-0.1, -0.05) is 18.2 Å². The molecule has 3 rings (SSSR count). The summed E-state index contributed by atoms with van der Waals surface area (Å²) in [6, 6.07) is 11.1. The quantitative estimate of drug-likeness (QED) is 0.771. The molecule has 1 aromatic rings. The molecule has 1 unspecified atom stereocenters. The number of hydrogen-bond donors (Lipinski definition) is 0. The lowest BCUT2D eigenvalue weighted by Gasteiger charge is -2.36. The van der Waals surface area contributed by atoms with Crippen LogP contribution in [0.15, 0.2) is 30.3 Å². The molecule has 2 heterocycles. The molecule has 0 aromatic heterocycles. The maximum Gasteiger partial charge on any atom is 0.0511 e. The molecule has 0 saturated carbocycles. The normalized spacial score (nSPS) is 29.5. The first kappa shape index (κ1) is 11.1. The Morgan fingerprint density at radius 2 is 2.12 bits per heavy atom. The number of rotatable bonds is 2. The van der Waals surface area contributed by atoms with Crippen molar-refractivity contribution in [2.24, 2.45) is 5.92 Å². The summed E-state index contributed by atoms with van der Waals surface area (Å²) in [5.74, 6) is 0.640. The van der Waals surface area contributed by atoms with Crippen LogP contribution in [0.5, 0.6) is 0 Å². The molecule has 2 aliphatic heterocycles. The van der Waals surface area contributed by atoms with Crippen molar-refractivity contribution in [3.8, 4) is 0 Å². The molecule has 3 heteroatoms. The Morgan fingerprint density at radius 1 is 1.24 bits per heavy atom. The van der Waals surface area contributed by atoms with Gasteiger partial charge in [0.05, 0.1) is 6.61 Å². The molecule has 2 atom stereocenters. The lowest BCUT2D eigenvalue weighted by molar-refractivity contribution is 0.174. The van der Waals surface area contributed by atoms with Crippen LogP contribution < -0.4 is 10.2 Å². The van der Waals surface area contributed by atoms with E-state index in [0.29, 0.717) is 12.0 Å². The molecular formula is C14H19N2O. The Hall–Kier alpha value is -1.06. The predicted molar refractivity (Wildman–Crippen MR) is 68.4 cm³/mol. The summed E-state index contributed by atoms with van der Waals surface area (Å²) in [5.41, 5.74) is 1.33. The van der Waals surface area contributed by atoms with E-state index in [0.717, 1.165) is 32.8 Å². The predicted octanol–water partition coefficient (Wildman–Crippen LogP) is 1.52. The van der Waals surface area contributed by atoms with Gasteiger partial charge in [-0.05, 0) is 18.6 Å². The lowest BCUT2D eigenvalue weighted by Crippen LogP contribution is -2.50. The van der Waals surface area contributed by atoms with Gasteiger partial charge in [0.25, 0.3) is 0 Å². The van der Waals surface area contributed by atoms with Crippen LogP contribution in [0, 0.1) is 5.92 Å². The maximum absolute atomic E-state index is 5.47. The first-order valence-electron chi connectivity index (χ1n) is 6.48. The topological polar surface area (TPSA) is 26.6 Å². The lowest BCUT2D eigenvalue weighted by atomic mass is 9.97. The zero-order chi connectivity index (χ0) is 11.5. The van der Waals surface area contributed by atoms with Crippen molar-refractivity contribution < 1.29 is 4.74 Å². The molecular weight excluding hydrogens is 212 g/mol. The van der Waals surface area contributed by atoms with E-state index >= 15 is 0 Å². The van der Waals surface area contributed by atoms with Gasteiger partial charge in [-0.2, -0.15) is 0 Å². The Morgan fingerprint density at radius 3 is 2.88 bits per heavy atom. The fourth-order valence-electron chi connectivity index (χ4n) is 2.75. The highest BCUT2D eigenvalue weighted by Gasteiger charge is 2.30. The van der Waals surface area contributed by atoms with E-state index in [9.17, 15) is 0 Å². The second-order valence-corrected chi connectivity index (χ2v) is 4.88. The molecule has 0 bridgehead atoms. The van der Waals surface area contributed by atoms with Crippen molar-refractivity contribution in [3.63, 3.8) is 0 Å². The zero-order valence-electron chi connectivity index (χ0n) is 10.1. The third kappa shape index (κ3) is 2.45. The second-order valence-electron chi connectivity index (χ2n) is 4.88. The number of nitrogens with zero attached hydrogens (tertiary/aromatic N) is 2. The van der Waals surface area contributed by atoms with Gasteiger partial charge in [-0.25, -0.2) is 5.32 Å². The average Bonchev–Trinajstić information content (AvgIpc) is 2.94. The maximum atomic E-state index is 5.47. The SMILES string of the molecule is c1ccc(N2CC[N]C([C@@H]3CCOC3)C2)cc1. The van der Waals surface area contributed by atoms with Gasteiger partial charge in [0.15, 0.2) is 0 Å². The monoisotopic (exact) mass is 231 g/mol. The molecule has 2 saturated heterocycles. The minimum atomic E-state index is 0.464. The van der Waals surface area contributed by atoms with Crippen LogP contribution in [-0.2, 0) is 4.74 Å². The zero-order valence-corrected chi connectivity index (χ0v) is 10.1. The standard InChI is InChI=1S/C14H19N2O/c1-2-4-13(5-3-1)16-8-7-15-14(10-16)12-6-9-17-11-12/h1-5,12,14H,6-11H2/t12-,14?/m1/s1. The van der Waals surface area contributed by atoms with Crippen LogP contribution in [0.3, 0.4) is 0 Å². The molecule has 0 amide bonds. The van der Waals surface area contributed by atoms with E-state index in [1.807, 2.05) is 0 Å². The van der Waals surface area contributed by atoms with E-state index in [4.69, 9.17) is 10.1 Å². The van der Waals surface area contributed by atoms with Gasteiger partial charge >= 0.3 is 0 Å². The summed E-state index contributed by atoms with van der Waals surface area (Å²) in [5, 5.41) is 4.77. The van der Waals surface area contributed by atoms with Gasteiger partial charge in [0.2, 0.25) is 0 Å². The van der Waals surface area contributed by atoms with E-state index in [-0.39, 0.29) is 0 Å². The smallest absolute Gasteiger partial charge is 0.0511 e. The van der Waals surface area contributed by atoms with Crippen LogP contribution in [-0.4, -0.2) is 38.9 Å². The minimum Gasteiger partial charge on any atom is -0.381 e. The van der Waals surface area contributed by atoms with E-state index in [2.05, 4.69) is 35.2 Å². The molecule has 2 aliphatic rings. The van der Waals surface area contributed by atoms with Gasteiger partial charge in [0, 0.05) is 43.9 Å².